The highest BCUT2D eigenvalue weighted by atomic mass is 35.5. The number of cyclic esters (lactones) is 2. The second kappa shape index (κ2) is 3.91. The molecule has 1 heterocycles. The summed E-state index contributed by atoms with van der Waals surface area (Å²) in [7, 11) is 0. The molecule has 0 saturated carbocycles. The van der Waals surface area contributed by atoms with Crippen LogP contribution in [0.5, 0.6) is 0 Å². The third kappa shape index (κ3) is 1.61. The number of hydrogen-bond donors (Lipinski definition) is 0. The maximum Gasteiger partial charge on any atom is 0.324 e. The average molecular weight is 239 g/mol. The minimum Gasteiger partial charge on any atom is -0.392 e. The number of carbonyl (C=O) groups excluding carboxylic acids is 2. The van der Waals surface area contributed by atoms with Gasteiger partial charge in [-0.1, -0.05) is 30.7 Å². The molecule has 0 N–H and O–H groups in total. The average Bonchev–Trinajstić information content (AvgIpc) is 2.54. The van der Waals surface area contributed by atoms with Crippen molar-refractivity contribution in [3.63, 3.8) is 0 Å². The molecule has 0 radical (unpaired) electrons. The van der Waals surface area contributed by atoms with Gasteiger partial charge in [-0.3, -0.25) is 9.59 Å². The molecule has 0 bridgehead atoms. The molecule has 0 aliphatic carbocycles. The lowest BCUT2D eigenvalue weighted by molar-refractivity contribution is -0.153. The molecule has 4 heteroatoms. The first kappa shape index (κ1) is 11.1. The number of esters is 2. The van der Waals surface area contributed by atoms with Crippen molar-refractivity contribution in [3.05, 3.63) is 34.9 Å². The highest BCUT2D eigenvalue weighted by Crippen LogP contribution is 2.38. The summed E-state index contributed by atoms with van der Waals surface area (Å²) in [6.07, 6.45) is 0.626. The smallest absolute Gasteiger partial charge is 0.324 e. The van der Waals surface area contributed by atoms with Crippen LogP contribution in [0.15, 0.2) is 24.3 Å². The Hall–Kier alpha value is -1.35. The number of hydrogen-bond acceptors (Lipinski definition) is 3. The van der Waals surface area contributed by atoms with Gasteiger partial charge < -0.3 is 4.74 Å². The Morgan fingerprint density at radius 1 is 1.44 bits per heavy atom. The molecule has 2 rings (SSSR count). The first-order valence-corrected chi connectivity index (χ1v) is 5.47. The Kier molecular flexibility index (Phi) is 2.72. The summed E-state index contributed by atoms with van der Waals surface area (Å²) in [5.41, 5.74) is -0.0968. The van der Waals surface area contributed by atoms with Crippen LogP contribution in [0.3, 0.4) is 0 Å². The fraction of sp³-hybridized carbons (Fsp3) is 0.333. The second-order valence-electron chi connectivity index (χ2n) is 3.88. The van der Waals surface area contributed by atoms with E-state index in [1.807, 2.05) is 6.92 Å². The molecule has 1 fully saturated rings. The van der Waals surface area contributed by atoms with Crippen LogP contribution in [0, 0.1) is 0 Å². The van der Waals surface area contributed by atoms with E-state index in [9.17, 15) is 9.59 Å². The number of ether oxygens (including phenoxy) is 1. The van der Waals surface area contributed by atoms with Gasteiger partial charge in [-0.25, -0.2) is 0 Å². The number of rotatable bonds is 2. The first-order valence-electron chi connectivity index (χ1n) is 5.09. The van der Waals surface area contributed by atoms with Gasteiger partial charge in [-0.15, -0.1) is 0 Å². The van der Waals surface area contributed by atoms with Gasteiger partial charge in [-0.05, 0) is 24.1 Å². The predicted octanol–water partition coefficient (Wildman–Crippen LogP) is 2.46. The molecular weight excluding hydrogens is 228 g/mol. The van der Waals surface area contributed by atoms with Crippen molar-refractivity contribution < 1.29 is 14.3 Å². The summed E-state index contributed by atoms with van der Waals surface area (Å²) >= 11 is 5.89. The van der Waals surface area contributed by atoms with E-state index >= 15 is 0 Å². The molecule has 0 aromatic heterocycles. The zero-order valence-corrected chi connectivity index (χ0v) is 9.58. The number of carbonyl (C=O) groups is 2. The highest BCUT2D eigenvalue weighted by Gasteiger charge is 2.49. The lowest BCUT2D eigenvalue weighted by Crippen LogP contribution is -2.30. The van der Waals surface area contributed by atoms with Crippen LogP contribution < -0.4 is 0 Å². The van der Waals surface area contributed by atoms with Crippen LogP contribution in [0.2, 0.25) is 5.02 Å². The minimum absolute atomic E-state index is 0.0999. The Morgan fingerprint density at radius 2 is 2.19 bits per heavy atom. The van der Waals surface area contributed by atoms with Gasteiger partial charge in [0.1, 0.15) is 5.41 Å². The van der Waals surface area contributed by atoms with Crippen LogP contribution >= 0.6 is 11.6 Å². The number of halogens is 1. The Morgan fingerprint density at radius 3 is 2.69 bits per heavy atom. The lowest BCUT2D eigenvalue weighted by atomic mass is 9.77. The van der Waals surface area contributed by atoms with Gasteiger partial charge in [0.15, 0.2) is 0 Å². The maximum atomic E-state index is 11.8. The van der Waals surface area contributed by atoms with E-state index in [4.69, 9.17) is 11.6 Å². The summed E-state index contributed by atoms with van der Waals surface area (Å²) in [5.74, 6) is -0.936. The largest absolute Gasteiger partial charge is 0.392 e. The van der Waals surface area contributed by atoms with Crippen molar-refractivity contribution in [2.75, 3.05) is 0 Å². The van der Waals surface area contributed by atoms with Crippen molar-refractivity contribution >= 4 is 23.5 Å². The van der Waals surface area contributed by atoms with Gasteiger partial charge in [-0.2, -0.15) is 0 Å². The molecule has 1 aromatic rings. The Balaban J connectivity index is 2.50. The Bertz CT molecular complexity index is 455. The zero-order valence-electron chi connectivity index (χ0n) is 8.83. The molecule has 1 saturated heterocycles. The monoisotopic (exact) mass is 238 g/mol. The van der Waals surface area contributed by atoms with E-state index in [1.54, 1.807) is 24.3 Å². The summed E-state index contributed by atoms with van der Waals surface area (Å²) in [4.78, 5) is 23.0. The Labute approximate surface area is 98.4 Å². The lowest BCUT2D eigenvalue weighted by Gasteiger charge is -2.22. The third-order valence-corrected chi connectivity index (χ3v) is 3.26. The molecule has 1 aromatic carbocycles. The van der Waals surface area contributed by atoms with Crippen LogP contribution in [0.1, 0.15) is 25.3 Å². The molecule has 3 nitrogen and oxygen atoms in total. The maximum absolute atomic E-state index is 11.8. The van der Waals surface area contributed by atoms with Crippen molar-refractivity contribution in [2.24, 2.45) is 0 Å². The fourth-order valence-corrected chi connectivity index (χ4v) is 2.23. The molecule has 1 unspecified atom stereocenters. The van der Waals surface area contributed by atoms with Gasteiger partial charge in [0.2, 0.25) is 0 Å². The van der Waals surface area contributed by atoms with Crippen molar-refractivity contribution in [3.8, 4) is 0 Å². The van der Waals surface area contributed by atoms with E-state index in [0.717, 1.165) is 5.56 Å². The van der Waals surface area contributed by atoms with Gasteiger partial charge in [0, 0.05) is 5.02 Å². The molecule has 0 spiro atoms. The van der Waals surface area contributed by atoms with Gasteiger partial charge >= 0.3 is 11.9 Å². The fourth-order valence-electron chi connectivity index (χ4n) is 2.04. The van der Waals surface area contributed by atoms with Crippen molar-refractivity contribution in [1.29, 1.82) is 0 Å². The summed E-state index contributed by atoms with van der Waals surface area (Å²) in [5, 5.41) is 0.553. The molecule has 1 aliphatic heterocycles. The minimum atomic E-state index is -0.845. The molecule has 1 aliphatic rings. The van der Waals surface area contributed by atoms with E-state index in [2.05, 4.69) is 4.74 Å². The quantitative estimate of drug-likeness (QED) is 0.587. The van der Waals surface area contributed by atoms with Crippen LogP contribution in [-0.4, -0.2) is 11.9 Å². The summed E-state index contributed by atoms with van der Waals surface area (Å²) in [6, 6.07) is 7.02. The van der Waals surface area contributed by atoms with Crippen molar-refractivity contribution in [2.45, 2.75) is 25.2 Å². The van der Waals surface area contributed by atoms with Gasteiger partial charge in [0.05, 0.1) is 6.42 Å². The topological polar surface area (TPSA) is 43.4 Å². The molecule has 16 heavy (non-hydrogen) atoms. The van der Waals surface area contributed by atoms with E-state index in [1.165, 1.54) is 0 Å². The van der Waals surface area contributed by atoms with Crippen molar-refractivity contribution in [1.82, 2.24) is 0 Å². The first-order chi connectivity index (χ1) is 7.58. The normalized spacial score (nSPS) is 24.6. The number of benzene rings is 1. The van der Waals surface area contributed by atoms with E-state index < -0.39 is 17.4 Å². The summed E-state index contributed by atoms with van der Waals surface area (Å²) in [6.45, 7) is 1.86. The molecule has 0 amide bonds. The highest BCUT2D eigenvalue weighted by molar-refractivity contribution is 6.30. The third-order valence-electron chi connectivity index (χ3n) is 3.02. The van der Waals surface area contributed by atoms with E-state index in [-0.39, 0.29) is 6.42 Å². The standard InChI is InChI=1S/C12H11ClO3/c1-2-12(7-10(14)16-11(12)15)8-4-3-5-9(13)6-8/h3-6H,2,7H2,1H3. The zero-order chi connectivity index (χ0) is 11.8. The SMILES string of the molecule is CCC1(c2cccc(Cl)c2)CC(=O)OC1=O. The summed E-state index contributed by atoms with van der Waals surface area (Å²) < 4.78 is 4.64. The second-order valence-corrected chi connectivity index (χ2v) is 4.32. The molecule has 84 valence electrons. The van der Waals surface area contributed by atoms with E-state index in [0.29, 0.717) is 11.4 Å². The molecular formula is C12H11ClO3. The molecule has 1 atom stereocenters. The predicted molar refractivity (Wildman–Crippen MR) is 59.1 cm³/mol. The van der Waals surface area contributed by atoms with Crippen LogP contribution in [0.25, 0.3) is 0 Å². The van der Waals surface area contributed by atoms with Crippen LogP contribution in [0.4, 0.5) is 0 Å². The van der Waals surface area contributed by atoms with Gasteiger partial charge in [0.25, 0.3) is 0 Å². The van der Waals surface area contributed by atoms with Crippen LogP contribution in [-0.2, 0) is 19.7 Å².